The molecule has 2 aromatic carbocycles. The average Bonchev–Trinajstić information content (AvgIpc) is 2.58. The first kappa shape index (κ1) is 15.9. The molecule has 3 rings (SSSR count). The van der Waals surface area contributed by atoms with Gasteiger partial charge in [0.25, 0.3) is 0 Å². The van der Waals surface area contributed by atoms with E-state index < -0.39 is 5.97 Å². The number of rotatable bonds is 3. The van der Waals surface area contributed by atoms with E-state index in [1.165, 1.54) is 0 Å². The van der Waals surface area contributed by atoms with Crippen molar-refractivity contribution in [2.24, 2.45) is 0 Å². The van der Waals surface area contributed by atoms with Crippen molar-refractivity contribution in [2.45, 2.75) is 20.8 Å². The molecule has 0 aliphatic carbocycles. The van der Waals surface area contributed by atoms with Crippen LogP contribution >= 0.6 is 0 Å². The fraction of sp³-hybridized carbons (Fsp3) is 0.150. The van der Waals surface area contributed by atoms with Crippen molar-refractivity contribution in [3.05, 3.63) is 76.9 Å². The molecule has 0 aliphatic rings. The summed E-state index contributed by atoms with van der Waals surface area (Å²) in [4.78, 5) is 12.1. The molecule has 0 saturated heterocycles. The molecule has 0 fully saturated rings. The maximum atomic E-state index is 12.1. The van der Waals surface area contributed by atoms with E-state index in [4.69, 9.17) is 4.74 Å². The molecule has 4 heteroatoms. The predicted molar refractivity (Wildman–Crippen MR) is 93.1 cm³/mol. The van der Waals surface area contributed by atoms with Gasteiger partial charge in [-0.25, -0.2) is 4.79 Å². The third-order valence-corrected chi connectivity index (χ3v) is 3.76. The lowest BCUT2D eigenvalue weighted by Gasteiger charge is -2.07. The highest BCUT2D eigenvalue weighted by molar-refractivity contribution is 5.91. The topological polar surface area (TPSA) is 52.1 Å². The van der Waals surface area contributed by atoms with Crippen molar-refractivity contribution in [1.82, 2.24) is 10.2 Å². The molecule has 24 heavy (non-hydrogen) atoms. The molecule has 0 spiro atoms. The van der Waals surface area contributed by atoms with Gasteiger partial charge in [0.15, 0.2) is 0 Å². The largest absolute Gasteiger partial charge is 0.402 e. The van der Waals surface area contributed by atoms with E-state index in [1.54, 1.807) is 18.2 Å². The molecule has 4 nitrogen and oxygen atoms in total. The Morgan fingerprint density at radius 3 is 2.38 bits per heavy atom. The van der Waals surface area contributed by atoms with Crippen LogP contribution in [0.1, 0.15) is 27.0 Å². The summed E-state index contributed by atoms with van der Waals surface area (Å²) >= 11 is 0. The minimum absolute atomic E-state index is 0.190. The van der Waals surface area contributed by atoms with Crippen LogP contribution in [0.2, 0.25) is 0 Å². The van der Waals surface area contributed by atoms with Gasteiger partial charge in [0.2, 0.25) is 5.88 Å². The summed E-state index contributed by atoms with van der Waals surface area (Å²) in [7, 11) is 0. The van der Waals surface area contributed by atoms with E-state index in [2.05, 4.69) is 28.4 Å². The first-order valence-corrected chi connectivity index (χ1v) is 7.73. The minimum atomic E-state index is -0.438. The standard InChI is InChI=1S/C20H18N2O2/c1-13-5-4-6-16(11-13)20(23)24-19-10-9-18(21-22-19)17-12-14(2)7-8-15(17)3/h4-12H,1-3H3. The lowest BCUT2D eigenvalue weighted by atomic mass is 10.0. The maximum absolute atomic E-state index is 12.1. The van der Waals surface area contributed by atoms with Crippen molar-refractivity contribution >= 4 is 5.97 Å². The summed E-state index contributed by atoms with van der Waals surface area (Å²) in [6.45, 7) is 5.99. The van der Waals surface area contributed by atoms with E-state index in [0.717, 1.165) is 27.9 Å². The smallest absolute Gasteiger partial charge is 0.344 e. The molecule has 0 N–H and O–H groups in total. The second-order valence-electron chi connectivity index (χ2n) is 5.83. The fourth-order valence-corrected chi connectivity index (χ4v) is 2.46. The number of carbonyl (C=O) groups excluding carboxylic acids is 1. The third kappa shape index (κ3) is 3.49. The fourth-order valence-electron chi connectivity index (χ4n) is 2.46. The number of ether oxygens (including phenoxy) is 1. The molecular formula is C20H18N2O2. The summed E-state index contributed by atoms with van der Waals surface area (Å²) in [6.07, 6.45) is 0. The van der Waals surface area contributed by atoms with Crippen molar-refractivity contribution in [2.75, 3.05) is 0 Å². The highest BCUT2D eigenvalue weighted by Gasteiger charge is 2.11. The minimum Gasteiger partial charge on any atom is -0.402 e. The maximum Gasteiger partial charge on any atom is 0.344 e. The monoisotopic (exact) mass is 318 g/mol. The first-order chi connectivity index (χ1) is 11.5. The van der Waals surface area contributed by atoms with Gasteiger partial charge in [-0.15, -0.1) is 10.2 Å². The molecule has 0 bridgehead atoms. The van der Waals surface area contributed by atoms with Gasteiger partial charge in [-0.3, -0.25) is 0 Å². The molecule has 120 valence electrons. The zero-order valence-corrected chi connectivity index (χ0v) is 13.9. The molecule has 0 aliphatic heterocycles. The highest BCUT2D eigenvalue weighted by atomic mass is 16.5. The molecule has 3 aromatic rings. The van der Waals surface area contributed by atoms with Crippen LogP contribution in [-0.2, 0) is 0 Å². The Balaban J connectivity index is 1.80. The molecule has 1 aromatic heterocycles. The lowest BCUT2D eigenvalue weighted by Crippen LogP contribution is -2.10. The van der Waals surface area contributed by atoms with E-state index in [0.29, 0.717) is 5.56 Å². The van der Waals surface area contributed by atoms with Crippen LogP contribution in [0.4, 0.5) is 0 Å². The number of hydrogen-bond acceptors (Lipinski definition) is 4. The number of carbonyl (C=O) groups is 1. The molecular weight excluding hydrogens is 300 g/mol. The molecule has 0 atom stereocenters. The van der Waals surface area contributed by atoms with Gasteiger partial charge in [0, 0.05) is 11.6 Å². The van der Waals surface area contributed by atoms with Crippen LogP contribution in [0, 0.1) is 20.8 Å². The second kappa shape index (κ2) is 6.62. The van der Waals surface area contributed by atoms with Crippen molar-refractivity contribution < 1.29 is 9.53 Å². The Bertz CT molecular complexity index is 886. The van der Waals surface area contributed by atoms with Gasteiger partial charge in [0.05, 0.1) is 11.3 Å². The van der Waals surface area contributed by atoms with Crippen molar-refractivity contribution in [1.29, 1.82) is 0 Å². The van der Waals surface area contributed by atoms with Crippen LogP contribution < -0.4 is 4.74 Å². The van der Waals surface area contributed by atoms with Crippen LogP contribution in [0.25, 0.3) is 11.3 Å². The molecule has 1 heterocycles. The summed E-state index contributed by atoms with van der Waals surface area (Å²) in [5, 5.41) is 8.21. The Morgan fingerprint density at radius 2 is 1.67 bits per heavy atom. The van der Waals surface area contributed by atoms with E-state index in [9.17, 15) is 4.79 Å². The number of nitrogens with zero attached hydrogens (tertiary/aromatic N) is 2. The van der Waals surface area contributed by atoms with Gasteiger partial charge in [-0.1, -0.05) is 35.4 Å². The molecule has 0 radical (unpaired) electrons. The summed E-state index contributed by atoms with van der Waals surface area (Å²) in [5.41, 5.74) is 5.56. The van der Waals surface area contributed by atoms with Crippen molar-refractivity contribution in [3.63, 3.8) is 0 Å². The Morgan fingerprint density at radius 1 is 0.875 bits per heavy atom. The number of esters is 1. The van der Waals surface area contributed by atoms with Gasteiger partial charge >= 0.3 is 5.97 Å². The Kier molecular flexibility index (Phi) is 4.38. The molecule has 0 amide bonds. The summed E-state index contributed by atoms with van der Waals surface area (Å²) < 4.78 is 5.29. The van der Waals surface area contributed by atoms with Crippen LogP contribution in [-0.4, -0.2) is 16.2 Å². The quantitative estimate of drug-likeness (QED) is 0.676. The van der Waals surface area contributed by atoms with Crippen LogP contribution in [0.15, 0.2) is 54.6 Å². The predicted octanol–water partition coefficient (Wildman–Crippen LogP) is 4.29. The van der Waals surface area contributed by atoms with E-state index in [1.807, 2.05) is 39.0 Å². The first-order valence-electron chi connectivity index (χ1n) is 7.73. The number of hydrogen-bond donors (Lipinski definition) is 0. The van der Waals surface area contributed by atoms with Gasteiger partial charge in [-0.05, 0) is 50.6 Å². The SMILES string of the molecule is Cc1cccc(C(=O)Oc2ccc(-c3cc(C)ccc3C)nn2)c1. The number of benzene rings is 2. The van der Waals surface area contributed by atoms with E-state index >= 15 is 0 Å². The highest BCUT2D eigenvalue weighted by Crippen LogP contribution is 2.23. The van der Waals surface area contributed by atoms with Gasteiger partial charge in [-0.2, -0.15) is 0 Å². The Labute approximate surface area is 141 Å². The number of aromatic nitrogens is 2. The molecule has 0 unspecified atom stereocenters. The second-order valence-corrected chi connectivity index (χ2v) is 5.83. The van der Waals surface area contributed by atoms with E-state index in [-0.39, 0.29) is 5.88 Å². The van der Waals surface area contributed by atoms with Gasteiger partial charge < -0.3 is 4.74 Å². The zero-order valence-electron chi connectivity index (χ0n) is 13.9. The van der Waals surface area contributed by atoms with Gasteiger partial charge in [0.1, 0.15) is 0 Å². The Hall–Kier alpha value is -3.01. The summed E-state index contributed by atoms with van der Waals surface area (Å²) in [6, 6.07) is 16.9. The van der Waals surface area contributed by atoms with Crippen molar-refractivity contribution in [3.8, 4) is 17.1 Å². The normalized spacial score (nSPS) is 10.5. The average molecular weight is 318 g/mol. The third-order valence-electron chi connectivity index (χ3n) is 3.76. The lowest BCUT2D eigenvalue weighted by molar-refractivity contribution is 0.0725. The van der Waals surface area contributed by atoms with Crippen LogP contribution in [0.5, 0.6) is 5.88 Å². The summed E-state index contributed by atoms with van der Waals surface area (Å²) in [5.74, 6) is -0.247. The number of aryl methyl sites for hydroxylation is 3. The van der Waals surface area contributed by atoms with Crippen LogP contribution in [0.3, 0.4) is 0 Å². The molecule has 0 saturated carbocycles. The zero-order chi connectivity index (χ0) is 17.1.